The van der Waals surface area contributed by atoms with E-state index in [1.807, 2.05) is 29.8 Å². The Labute approximate surface area is 205 Å². The number of carbonyl (C=O) groups is 2. The van der Waals surface area contributed by atoms with Gasteiger partial charge >= 0.3 is 12.4 Å². The largest absolute Gasteiger partial charge is 0.573 e. The molecule has 1 saturated heterocycles. The minimum Gasteiger partial charge on any atom is -0.406 e. The summed E-state index contributed by atoms with van der Waals surface area (Å²) in [4.78, 5) is 25.7. The van der Waals surface area contributed by atoms with E-state index in [0.29, 0.717) is 4.88 Å². The van der Waals surface area contributed by atoms with Crippen LogP contribution in [-0.2, 0) is 10.5 Å². The van der Waals surface area contributed by atoms with Crippen LogP contribution in [0.3, 0.4) is 0 Å². The number of hydrogen-bond acceptors (Lipinski definition) is 7. The van der Waals surface area contributed by atoms with E-state index in [1.54, 1.807) is 11.8 Å². The molecule has 4 rings (SSSR count). The molecule has 3 N–H and O–H groups in total. The number of thiophene rings is 1. The van der Waals surface area contributed by atoms with Gasteiger partial charge in [0.25, 0.3) is 5.91 Å². The van der Waals surface area contributed by atoms with Crippen LogP contribution in [0.25, 0.3) is 0 Å². The summed E-state index contributed by atoms with van der Waals surface area (Å²) < 4.78 is 41.7. The van der Waals surface area contributed by atoms with Crippen molar-refractivity contribution < 1.29 is 27.5 Å². The van der Waals surface area contributed by atoms with Crippen LogP contribution < -0.4 is 20.9 Å². The number of rotatable bonds is 4. The van der Waals surface area contributed by atoms with Crippen molar-refractivity contribution >= 4 is 64.2 Å². The van der Waals surface area contributed by atoms with Gasteiger partial charge in [0.1, 0.15) is 5.75 Å². The molecule has 2 heterocycles. The number of thioether (sulfide) groups is 3. The number of hydrogen-bond donors (Lipinski definition) is 3. The summed E-state index contributed by atoms with van der Waals surface area (Å²) in [6.45, 7) is 0. The van der Waals surface area contributed by atoms with Gasteiger partial charge in [0.2, 0.25) is 0 Å². The van der Waals surface area contributed by atoms with Crippen molar-refractivity contribution in [3.05, 3.63) is 40.3 Å². The molecule has 33 heavy (non-hydrogen) atoms. The Bertz CT molecular complexity index is 1040. The third kappa shape index (κ3) is 5.52. The van der Waals surface area contributed by atoms with Gasteiger partial charge in [0, 0.05) is 22.8 Å². The minimum atomic E-state index is -4.79. The first-order valence-corrected chi connectivity index (χ1v) is 13.9. The Morgan fingerprint density at radius 2 is 1.82 bits per heavy atom. The zero-order valence-corrected chi connectivity index (χ0v) is 20.6. The van der Waals surface area contributed by atoms with Crippen LogP contribution in [0.5, 0.6) is 5.75 Å². The normalized spacial score (nSPS) is 16.8. The lowest BCUT2D eigenvalue weighted by atomic mass is 9.92. The van der Waals surface area contributed by atoms with Crippen LogP contribution >= 0.6 is 46.6 Å². The standard InChI is InChI=1S/C20H20F3N3O3S4/c1-30-17-14-13(3-2-8-19(14)31-9-10-32-19)15(33-17)16(27)25-26-18(28)24-11-4-6-12(7-5-11)29-20(21,22)23/h4-7H,2-3,8-10H2,1H3,(H,25,27)(H2,24,26,28). The van der Waals surface area contributed by atoms with Gasteiger partial charge in [-0.05, 0) is 55.3 Å². The Balaban J connectivity index is 1.39. The molecule has 13 heteroatoms. The Hall–Kier alpha value is -1.70. The molecular formula is C20H20F3N3O3S4. The van der Waals surface area contributed by atoms with Gasteiger partial charge in [-0.3, -0.25) is 10.2 Å². The number of ether oxygens (including phenoxy) is 1. The third-order valence-electron chi connectivity index (χ3n) is 5.07. The van der Waals surface area contributed by atoms with E-state index >= 15 is 0 Å². The summed E-state index contributed by atoms with van der Waals surface area (Å²) in [5.41, 5.74) is 7.33. The second kappa shape index (κ2) is 9.88. The van der Waals surface area contributed by atoms with Crippen LogP contribution in [0.4, 0.5) is 23.7 Å². The molecule has 0 bridgehead atoms. The molecule has 0 atom stereocenters. The number of anilines is 1. The van der Waals surface area contributed by atoms with E-state index in [2.05, 4.69) is 20.9 Å². The predicted molar refractivity (Wildman–Crippen MR) is 128 cm³/mol. The van der Waals surface area contributed by atoms with E-state index in [0.717, 1.165) is 52.7 Å². The van der Waals surface area contributed by atoms with Crippen LogP contribution in [0.2, 0.25) is 0 Å². The number of hydrazine groups is 1. The number of fused-ring (bicyclic) bond motifs is 2. The zero-order chi connectivity index (χ0) is 23.6. The molecule has 0 radical (unpaired) electrons. The Kier molecular flexibility index (Phi) is 7.32. The molecular weight excluding hydrogens is 516 g/mol. The smallest absolute Gasteiger partial charge is 0.406 e. The van der Waals surface area contributed by atoms with E-state index in [1.165, 1.54) is 29.0 Å². The number of halogens is 3. The second-order valence-electron chi connectivity index (χ2n) is 7.19. The molecule has 178 valence electrons. The lowest BCUT2D eigenvalue weighted by Gasteiger charge is -2.33. The van der Waals surface area contributed by atoms with Gasteiger partial charge in [0.05, 0.1) is 13.2 Å². The summed E-state index contributed by atoms with van der Waals surface area (Å²) in [5, 5.41) is 2.45. The predicted octanol–water partition coefficient (Wildman–Crippen LogP) is 5.80. The van der Waals surface area contributed by atoms with Crippen LogP contribution in [0.15, 0.2) is 28.5 Å². The van der Waals surface area contributed by atoms with Crippen molar-refractivity contribution in [2.45, 2.75) is 33.9 Å². The van der Waals surface area contributed by atoms with E-state index in [9.17, 15) is 22.8 Å². The van der Waals surface area contributed by atoms with Crippen LogP contribution in [0, 0.1) is 0 Å². The van der Waals surface area contributed by atoms with Gasteiger partial charge in [0.15, 0.2) is 0 Å². The molecule has 1 aliphatic heterocycles. The van der Waals surface area contributed by atoms with E-state index in [-0.39, 0.29) is 15.7 Å². The van der Waals surface area contributed by atoms with Crippen molar-refractivity contribution in [1.29, 1.82) is 0 Å². The van der Waals surface area contributed by atoms with Gasteiger partial charge in [-0.15, -0.1) is 59.8 Å². The highest BCUT2D eigenvalue weighted by Crippen LogP contribution is 2.61. The zero-order valence-electron chi connectivity index (χ0n) is 17.3. The first kappa shape index (κ1) is 24.4. The van der Waals surface area contributed by atoms with Gasteiger partial charge < -0.3 is 10.1 Å². The quantitative estimate of drug-likeness (QED) is 0.339. The SMILES string of the molecule is CSc1sc(C(=O)NNC(=O)Nc2ccc(OC(F)(F)F)cc2)c2c1C1(CCC2)SCCS1. The third-order valence-corrected chi connectivity index (χ3v) is 11.0. The van der Waals surface area contributed by atoms with Crippen molar-refractivity contribution in [2.75, 3.05) is 23.1 Å². The van der Waals surface area contributed by atoms with Gasteiger partial charge in [-0.25, -0.2) is 10.2 Å². The Morgan fingerprint density at radius 3 is 2.45 bits per heavy atom. The number of carbonyl (C=O) groups excluding carboxylic acids is 2. The molecule has 6 nitrogen and oxygen atoms in total. The average Bonchev–Trinajstić information content (AvgIpc) is 3.38. The second-order valence-corrected chi connectivity index (χ2v) is 12.3. The van der Waals surface area contributed by atoms with Crippen molar-refractivity contribution in [1.82, 2.24) is 10.9 Å². The topological polar surface area (TPSA) is 79.5 Å². The molecule has 1 fully saturated rings. The molecule has 0 unspecified atom stereocenters. The van der Waals surface area contributed by atoms with E-state index < -0.39 is 18.1 Å². The average molecular weight is 536 g/mol. The fraction of sp³-hybridized carbons (Fsp3) is 0.400. The molecule has 2 aliphatic rings. The maximum absolute atomic E-state index is 12.9. The highest BCUT2D eigenvalue weighted by Gasteiger charge is 2.45. The summed E-state index contributed by atoms with van der Waals surface area (Å²) in [7, 11) is 0. The molecule has 2 aromatic rings. The number of amides is 3. The van der Waals surface area contributed by atoms with Gasteiger partial charge in [-0.1, -0.05) is 0 Å². The van der Waals surface area contributed by atoms with Crippen LogP contribution in [-0.4, -0.2) is 36.1 Å². The molecule has 1 aromatic carbocycles. The highest BCUT2D eigenvalue weighted by molar-refractivity contribution is 8.20. The summed E-state index contributed by atoms with van der Waals surface area (Å²) in [6.07, 6.45) is 0.157. The van der Waals surface area contributed by atoms with Crippen molar-refractivity contribution in [2.24, 2.45) is 0 Å². The fourth-order valence-electron chi connectivity index (χ4n) is 3.83. The van der Waals surface area contributed by atoms with E-state index in [4.69, 9.17) is 0 Å². The number of urea groups is 1. The van der Waals surface area contributed by atoms with Crippen molar-refractivity contribution in [3.63, 3.8) is 0 Å². The maximum Gasteiger partial charge on any atom is 0.573 e. The summed E-state index contributed by atoms with van der Waals surface area (Å²) in [6, 6.07) is 3.97. The van der Waals surface area contributed by atoms with Gasteiger partial charge in [-0.2, -0.15) is 0 Å². The monoisotopic (exact) mass is 535 g/mol. The summed E-state index contributed by atoms with van der Waals surface area (Å²) in [5.74, 6) is 1.41. The van der Waals surface area contributed by atoms with Crippen LogP contribution in [0.1, 0.15) is 33.6 Å². The molecule has 1 spiro atoms. The first-order chi connectivity index (χ1) is 15.7. The summed E-state index contributed by atoms with van der Waals surface area (Å²) >= 11 is 7.02. The number of alkyl halides is 3. The number of nitrogens with one attached hydrogen (secondary N) is 3. The lowest BCUT2D eigenvalue weighted by Crippen LogP contribution is -2.44. The van der Waals surface area contributed by atoms with Crippen molar-refractivity contribution in [3.8, 4) is 5.75 Å². The molecule has 3 amide bonds. The fourth-order valence-corrected chi connectivity index (χ4v) is 9.71. The maximum atomic E-state index is 12.9. The first-order valence-electron chi connectivity index (χ1n) is 9.92. The number of benzene rings is 1. The molecule has 0 saturated carbocycles. The molecule has 1 aliphatic carbocycles. The minimum absolute atomic E-state index is 0.0216. The highest BCUT2D eigenvalue weighted by atomic mass is 32.2. The lowest BCUT2D eigenvalue weighted by molar-refractivity contribution is -0.274. The Morgan fingerprint density at radius 1 is 1.12 bits per heavy atom. The molecule has 1 aromatic heterocycles.